The Morgan fingerprint density at radius 3 is 2.62 bits per heavy atom. The van der Waals surface area contributed by atoms with Crippen molar-refractivity contribution >= 4 is 5.97 Å². The number of carbonyl (C=O) groups excluding carboxylic acids is 1. The maximum absolute atomic E-state index is 11.3. The number of carbonyl (C=O) groups is 1. The van der Waals surface area contributed by atoms with E-state index < -0.39 is 5.60 Å². The van der Waals surface area contributed by atoms with Gasteiger partial charge < -0.3 is 14.6 Å². The Morgan fingerprint density at radius 2 is 2.00 bits per heavy atom. The van der Waals surface area contributed by atoms with Gasteiger partial charge in [0.05, 0.1) is 18.8 Å². The summed E-state index contributed by atoms with van der Waals surface area (Å²) in [4.78, 5) is 11.3. The summed E-state index contributed by atoms with van der Waals surface area (Å²) in [6.07, 6.45) is 3.21. The Kier molecular flexibility index (Phi) is 5.00. The fraction of sp³-hybridized carbons (Fsp3) is 0.471. The van der Waals surface area contributed by atoms with Crippen molar-refractivity contribution in [2.75, 3.05) is 14.2 Å². The quantitative estimate of drug-likeness (QED) is 0.669. The van der Waals surface area contributed by atoms with E-state index in [-0.39, 0.29) is 12.1 Å². The summed E-state index contributed by atoms with van der Waals surface area (Å²) in [7, 11) is 2.95. The van der Waals surface area contributed by atoms with Crippen LogP contribution in [0.3, 0.4) is 0 Å². The van der Waals surface area contributed by atoms with Crippen molar-refractivity contribution in [3.05, 3.63) is 35.4 Å². The lowest BCUT2D eigenvalue weighted by Gasteiger charge is -2.34. The average Bonchev–Trinajstić information content (AvgIpc) is 2.53. The van der Waals surface area contributed by atoms with Crippen LogP contribution in [-0.4, -0.2) is 37.0 Å². The molecule has 1 aliphatic carbocycles. The molecule has 1 aliphatic rings. The first-order valence-corrected chi connectivity index (χ1v) is 7.06. The highest BCUT2D eigenvalue weighted by molar-refractivity contribution is 5.89. The van der Waals surface area contributed by atoms with E-state index in [1.54, 1.807) is 31.4 Å². The van der Waals surface area contributed by atoms with Crippen LogP contribution >= 0.6 is 0 Å². The van der Waals surface area contributed by atoms with Gasteiger partial charge in [-0.25, -0.2) is 4.79 Å². The molecular weight excluding hydrogens is 268 g/mol. The Bertz CT molecular complexity index is 552. The lowest BCUT2D eigenvalue weighted by molar-refractivity contribution is -0.0795. The number of ether oxygens (including phenoxy) is 2. The summed E-state index contributed by atoms with van der Waals surface area (Å²) in [5, 5.41) is 10.6. The molecule has 2 rings (SSSR count). The number of hydrogen-bond acceptors (Lipinski definition) is 4. The van der Waals surface area contributed by atoms with E-state index in [2.05, 4.69) is 16.6 Å². The SMILES string of the molecule is COC(=O)c1ccc(C#CC2(O)CCCCC2OC)cc1. The predicted molar refractivity (Wildman–Crippen MR) is 78.9 cm³/mol. The van der Waals surface area contributed by atoms with Crippen LogP contribution in [0.4, 0.5) is 0 Å². The number of hydrogen-bond donors (Lipinski definition) is 1. The van der Waals surface area contributed by atoms with E-state index in [1.807, 2.05) is 0 Å². The van der Waals surface area contributed by atoms with Crippen LogP contribution in [0.15, 0.2) is 24.3 Å². The molecule has 0 spiro atoms. The third-order valence-corrected chi connectivity index (χ3v) is 3.82. The van der Waals surface area contributed by atoms with E-state index in [4.69, 9.17) is 4.74 Å². The molecule has 1 fully saturated rings. The molecule has 1 saturated carbocycles. The normalized spacial score (nSPS) is 24.8. The third-order valence-electron chi connectivity index (χ3n) is 3.82. The predicted octanol–water partition coefficient (Wildman–Crippen LogP) is 2.14. The van der Waals surface area contributed by atoms with Gasteiger partial charge in [0.2, 0.25) is 0 Å². The summed E-state index contributed by atoms with van der Waals surface area (Å²) in [6.45, 7) is 0. The molecule has 1 N–H and O–H groups in total. The number of aliphatic hydroxyl groups is 1. The average molecular weight is 288 g/mol. The van der Waals surface area contributed by atoms with E-state index in [0.29, 0.717) is 12.0 Å². The van der Waals surface area contributed by atoms with Crippen LogP contribution in [-0.2, 0) is 9.47 Å². The minimum atomic E-state index is -1.09. The Labute approximate surface area is 125 Å². The molecule has 0 aliphatic heterocycles. The second-order valence-electron chi connectivity index (χ2n) is 5.21. The van der Waals surface area contributed by atoms with Crippen LogP contribution in [0.2, 0.25) is 0 Å². The van der Waals surface area contributed by atoms with Crippen LogP contribution in [0, 0.1) is 11.8 Å². The molecule has 112 valence electrons. The van der Waals surface area contributed by atoms with Gasteiger partial charge in [0.15, 0.2) is 5.60 Å². The lowest BCUT2D eigenvalue weighted by atomic mass is 9.82. The summed E-state index contributed by atoms with van der Waals surface area (Å²) in [5.74, 6) is 5.54. The van der Waals surface area contributed by atoms with Crippen molar-refractivity contribution in [3.8, 4) is 11.8 Å². The van der Waals surface area contributed by atoms with E-state index >= 15 is 0 Å². The molecular formula is C17H20O4. The van der Waals surface area contributed by atoms with Gasteiger partial charge in [-0.3, -0.25) is 0 Å². The topological polar surface area (TPSA) is 55.8 Å². The van der Waals surface area contributed by atoms with Gasteiger partial charge in [-0.2, -0.15) is 0 Å². The second kappa shape index (κ2) is 6.75. The minimum absolute atomic E-state index is 0.243. The van der Waals surface area contributed by atoms with E-state index in [0.717, 1.165) is 24.8 Å². The zero-order valence-electron chi connectivity index (χ0n) is 12.4. The third kappa shape index (κ3) is 3.63. The highest BCUT2D eigenvalue weighted by Crippen LogP contribution is 2.30. The van der Waals surface area contributed by atoms with Gasteiger partial charge in [-0.1, -0.05) is 18.3 Å². The monoisotopic (exact) mass is 288 g/mol. The number of rotatable bonds is 2. The Hall–Kier alpha value is -1.83. The standard InChI is InChI=1S/C17H20O4/c1-20-15-5-3-4-11-17(15,19)12-10-13-6-8-14(9-7-13)16(18)21-2/h6-9,15,19H,3-5,11H2,1-2H3. The summed E-state index contributed by atoms with van der Waals surface area (Å²) in [5.41, 5.74) is 0.138. The lowest BCUT2D eigenvalue weighted by Crippen LogP contribution is -2.44. The molecule has 0 aromatic heterocycles. The fourth-order valence-electron chi connectivity index (χ4n) is 2.57. The molecule has 0 saturated heterocycles. The largest absolute Gasteiger partial charge is 0.465 e. The van der Waals surface area contributed by atoms with Crippen molar-refractivity contribution in [1.82, 2.24) is 0 Å². The maximum Gasteiger partial charge on any atom is 0.337 e. The van der Waals surface area contributed by atoms with Crippen molar-refractivity contribution < 1.29 is 19.4 Å². The summed E-state index contributed by atoms with van der Waals surface area (Å²) in [6, 6.07) is 6.81. The van der Waals surface area contributed by atoms with Gasteiger partial charge in [0.1, 0.15) is 0 Å². The van der Waals surface area contributed by atoms with Crippen LogP contribution in [0.5, 0.6) is 0 Å². The molecule has 1 aromatic rings. The maximum atomic E-state index is 11.3. The van der Waals surface area contributed by atoms with Gasteiger partial charge in [-0.15, -0.1) is 0 Å². The summed E-state index contributed by atoms with van der Waals surface area (Å²) >= 11 is 0. The van der Waals surface area contributed by atoms with Crippen LogP contribution in [0.25, 0.3) is 0 Å². The first-order chi connectivity index (χ1) is 10.1. The van der Waals surface area contributed by atoms with Gasteiger partial charge in [0, 0.05) is 12.7 Å². The Balaban J connectivity index is 2.16. The highest BCUT2D eigenvalue weighted by atomic mass is 16.5. The number of methoxy groups -OCH3 is 2. The van der Waals surface area contributed by atoms with E-state index in [9.17, 15) is 9.90 Å². The molecule has 4 heteroatoms. The van der Waals surface area contributed by atoms with Gasteiger partial charge in [-0.05, 0) is 43.5 Å². The van der Waals surface area contributed by atoms with Gasteiger partial charge in [0.25, 0.3) is 0 Å². The smallest absolute Gasteiger partial charge is 0.337 e. The first-order valence-electron chi connectivity index (χ1n) is 7.06. The molecule has 1 aromatic carbocycles. The zero-order valence-corrected chi connectivity index (χ0v) is 12.4. The zero-order chi connectivity index (χ0) is 15.3. The van der Waals surface area contributed by atoms with Gasteiger partial charge >= 0.3 is 5.97 Å². The van der Waals surface area contributed by atoms with E-state index in [1.165, 1.54) is 7.11 Å². The molecule has 0 radical (unpaired) electrons. The van der Waals surface area contributed by atoms with Crippen LogP contribution in [0.1, 0.15) is 41.6 Å². The Morgan fingerprint density at radius 1 is 1.29 bits per heavy atom. The van der Waals surface area contributed by atoms with Crippen molar-refractivity contribution in [2.45, 2.75) is 37.4 Å². The highest BCUT2D eigenvalue weighted by Gasteiger charge is 2.37. The minimum Gasteiger partial charge on any atom is -0.465 e. The summed E-state index contributed by atoms with van der Waals surface area (Å²) < 4.78 is 9.99. The molecule has 0 amide bonds. The molecule has 2 atom stereocenters. The van der Waals surface area contributed by atoms with Crippen LogP contribution < -0.4 is 0 Å². The van der Waals surface area contributed by atoms with Crippen molar-refractivity contribution in [3.63, 3.8) is 0 Å². The molecule has 21 heavy (non-hydrogen) atoms. The van der Waals surface area contributed by atoms with Crippen molar-refractivity contribution in [2.24, 2.45) is 0 Å². The van der Waals surface area contributed by atoms with Crippen molar-refractivity contribution in [1.29, 1.82) is 0 Å². The fourth-order valence-corrected chi connectivity index (χ4v) is 2.57. The molecule has 0 bridgehead atoms. The first kappa shape index (κ1) is 15.6. The molecule has 0 heterocycles. The number of benzene rings is 1. The second-order valence-corrected chi connectivity index (χ2v) is 5.21. The number of esters is 1. The molecule has 2 unspecified atom stereocenters. The molecule has 4 nitrogen and oxygen atoms in total.